The highest BCUT2D eigenvalue weighted by Gasteiger charge is 2.25. The molecule has 0 aromatic carbocycles. The third-order valence-electron chi connectivity index (χ3n) is 2.81. The first kappa shape index (κ1) is 16.6. The van der Waals surface area contributed by atoms with E-state index in [0.717, 1.165) is 0 Å². The molecule has 0 saturated carbocycles. The fraction of sp³-hybridized carbons (Fsp3) is 0.667. The Labute approximate surface area is 119 Å². The number of rotatable bonds is 7. The van der Waals surface area contributed by atoms with Crippen molar-refractivity contribution in [2.75, 3.05) is 20.6 Å². The average Bonchev–Trinajstić information content (AvgIpc) is 2.75. The maximum Gasteiger partial charge on any atom is 0.242 e. The number of aliphatic hydroxyl groups excluding tert-OH is 1. The van der Waals surface area contributed by atoms with E-state index in [1.54, 1.807) is 5.38 Å². The van der Waals surface area contributed by atoms with Crippen molar-refractivity contribution in [3.05, 3.63) is 16.3 Å². The fourth-order valence-corrected chi connectivity index (χ4v) is 4.39. The molecule has 1 aromatic heterocycles. The Kier molecular flexibility index (Phi) is 5.94. The van der Waals surface area contributed by atoms with E-state index in [-0.39, 0.29) is 23.5 Å². The van der Waals surface area contributed by atoms with Crippen LogP contribution in [0.15, 0.2) is 16.3 Å². The predicted octanol–water partition coefficient (Wildman–Crippen LogP) is 1.10. The van der Waals surface area contributed by atoms with Crippen molar-refractivity contribution in [3.8, 4) is 0 Å². The highest BCUT2D eigenvalue weighted by Crippen LogP contribution is 2.22. The average molecular weight is 306 g/mol. The number of thiophene rings is 1. The third-order valence-corrected chi connectivity index (χ3v) is 5.42. The van der Waals surface area contributed by atoms with E-state index in [0.29, 0.717) is 11.4 Å². The Morgan fingerprint density at radius 1 is 1.42 bits per heavy atom. The quantitative estimate of drug-likeness (QED) is 0.791. The lowest BCUT2D eigenvalue weighted by atomic mass is 10.1. The van der Waals surface area contributed by atoms with Gasteiger partial charge in [0.1, 0.15) is 0 Å². The van der Waals surface area contributed by atoms with E-state index < -0.39 is 10.0 Å². The summed E-state index contributed by atoms with van der Waals surface area (Å²) in [4.78, 5) is 2.61. The molecule has 1 heterocycles. The maximum absolute atomic E-state index is 12.3. The lowest BCUT2D eigenvalue weighted by molar-refractivity contribution is 0.282. The van der Waals surface area contributed by atoms with Gasteiger partial charge in [0.05, 0.1) is 11.5 Å². The normalized spacial score (nSPS) is 14.3. The Hall–Kier alpha value is -0.470. The van der Waals surface area contributed by atoms with E-state index >= 15 is 0 Å². The second-order valence-corrected chi connectivity index (χ2v) is 7.78. The van der Waals surface area contributed by atoms with Gasteiger partial charge in [0, 0.05) is 17.5 Å². The van der Waals surface area contributed by atoms with Crippen LogP contribution in [0.5, 0.6) is 0 Å². The number of aliphatic hydroxyl groups is 1. The van der Waals surface area contributed by atoms with Crippen LogP contribution in [0.25, 0.3) is 0 Å². The summed E-state index contributed by atoms with van der Waals surface area (Å²) in [5, 5.41) is 10.8. The summed E-state index contributed by atoms with van der Waals surface area (Å²) in [7, 11) is 0.244. The van der Waals surface area contributed by atoms with Gasteiger partial charge < -0.3 is 10.0 Å². The molecule has 1 unspecified atom stereocenters. The number of hydrogen-bond acceptors (Lipinski definition) is 5. The maximum atomic E-state index is 12.3. The van der Waals surface area contributed by atoms with Crippen LogP contribution >= 0.6 is 11.3 Å². The van der Waals surface area contributed by atoms with Crippen molar-refractivity contribution in [2.24, 2.45) is 5.92 Å². The van der Waals surface area contributed by atoms with Crippen LogP contribution in [-0.4, -0.2) is 45.1 Å². The van der Waals surface area contributed by atoms with Crippen LogP contribution in [0.1, 0.15) is 18.7 Å². The molecule has 1 aromatic rings. The van der Waals surface area contributed by atoms with Gasteiger partial charge >= 0.3 is 0 Å². The molecule has 1 atom stereocenters. The van der Waals surface area contributed by atoms with Crippen molar-refractivity contribution in [1.29, 1.82) is 0 Å². The van der Waals surface area contributed by atoms with Gasteiger partial charge in [-0.25, -0.2) is 13.1 Å². The van der Waals surface area contributed by atoms with Crippen molar-refractivity contribution in [3.63, 3.8) is 0 Å². The van der Waals surface area contributed by atoms with Gasteiger partial charge in [0.2, 0.25) is 10.0 Å². The van der Waals surface area contributed by atoms with Gasteiger partial charge in [0.15, 0.2) is 0 Å². The Bertz CT molecular complexity index is 495. The molecule has 0 aliphatic heterocycles. The first-order chi connectivity index (χ1) is 8.77. The second kappa shape index (κ2) is 6.81. The largest absolute Gasteiger partial charge is 0.391 e. The summed E-state index contributed by atoms with van der Waals surface area (Å²) in [6, 6.07) is 1.37. The van der Waals surface area contributed by atoms with Crippen LogP contribution in [0.3, 0.4) is 0 Å². The zero-order chi connectivity index (χ0) is 14.6. The van der Waals surface area contributed by atoms with Crippen LogP contribution in [0.2, 0.25) is 0 Å². The summed E-state index contributed by atoms with van der Waals surface area (Å²) in [6.45, 7) is 4.35. The van der Waals surface area contributed by atoms with Crippen molar-refractivity contribution in [2.45, 2.75) is 31.4 Å². The third kappa shape index (κ3) is 4.54. The smallest absolute Gasteiger partial charge is 0.242 e. The first-order valence-corrected chi connectivity index (χ1v) is 8.48. The molecule has 0 amide bonds. The van der Waals surface area contributed by atoms with E-state index in [4.69, 9.17) is 5.11 Å². The first-order valence-electron chi connectivity index (χ1n) is 6.12. The van der Waals surface area contributed by atoms with Crippen molar-refractivity contribution >= 4 is 21.4 Å². The molecule has 0 aliphatic carbocycles. The molecule has 0 saturated heterocycles. The lowest BCUT2D eigenvalue weighted by Crippen LogP contribution is -2.44. The molecule has 5 nitrogen and oxygen atoms in total. The van der Waals surface area contributed by atoms with Crippen LogP contribution in [0, 0.1) is 5.92 Å². The SMILES string of the molecule is CC(C)C(CN(C)C)NS(=O)(=O)c1ccsc1CO. The second-order valence-electron chi connectivity index (χ2n) is 5.10. The molecule has 2 N–H and O–H groups in total. The number of hydrogen-bond donors (Lipinski definition) is 2. The lowest BCUT2D eigenvalue weighted by Gasteiger charge is -2.25. The van der Waals surface area contributed by atoms with Gasteiger partial charge in [-0.1, -0.05) is 13.8 Å². The van der Waals surface area contributed by atoms with E-state index in [2.05, 4.69) is 4.72 Å². The summed E-state index contributed by atoms with van der Waals surface area (Å²) in [6.07, 6.45) is 0. The van der Waals surface area contributed by atoms with Gasteiger partial charge in [-0.05, 0) is 31.5 Å². The summed E-state index contributed by atoms with van der Waals surface area (Å²) in [5.74, 6) is 0.188. The molecule has 1 rings (SSSR count). The van der Waals surface area contributed by atoms with Crippen LogP contribution in [-0.2, 0) is 16.6 Å². The van der Waals surface area contributed by atoms with Crippen LogP contribution < -0.4 is 4.72 Å². The monoisotopic (exact) mass is 306 g/mol. The Balaban J connectivity index is 2.94. The van der Waals surface area contributed by atoms with Crippen molar-refractivity contribution in [1.82, 2.24) is 9.62 Å². The van der Waals surface area contributed by atoms with E-state index in [1.807, 2.05) is 32.8 Å². The number of nitrogens with zero attached hydrogens (tertiary/aromatic N) is 1. The highest BCUT2D eigenvalue weighted by molar-refractivity contribution is 7.89. The molecular formula is C12H22N2O3S2. The van der Waals surface area contributed by atoms with Crippen LogP contribution in [0.4, 0.5) is 0 Å². The minimum atomic E-state index is -3.58. The molecular weight excluding hydrogens is 284 g/mol. The summed E-state index contributed by atoms with van der Waals surface area (Å²) >= 11 is 1.25. The van der Waals surface area contributed by atoms with E-state index in [9.17, 15) is 8.42 Å². The molecule has 0 aliphatic rings. The minimum absolute atomic E-state index is 0.161. The van der Waals surface area contributed by atoms with Gasteiger partial charge in [-0.15, -0.1) is 11.3 Å². The molecule has 0 bridgehead atoms. The van der Waals surface area contributed by atoms with Gasteiger partial charge in [-0.2, -0.15) is 0 Å². The van der Waals surface area contributed by atoms with Gasteiger partial charge in [0.25, 0.3) is 0 Å². The van der Waals surface area contributed by atoms with Crippen molar-refractivity contribution < 1.29 is 13.5 Å². The predicted molar refractivity (Wildman–Crippen MR) is 77.7 cm³/mol. The standard InChI is InChI=1S/C12H22N2O3S2/c1-9(2)10(7-14(3)4)13-19(16,17)12-5-6-18-11(12)8-15/h5-6,9-10,13,15H,7-8H2,1-4H3. The van der Waals surface area contributed by atoms with E-state index in [1.165, 1.54) is 17.4 Å². The van der Waals surface area contributed by atoms with Gasteiger partial charge in [-0.3, -0.25) is 0 Å². The number of nitrogens with one attached hydrogen (secondary N) is 1. The Morgan fingerprint density at radius 3 is 2.53 bits per heavy atom. The fourth-order valence-electron chi connectivity index (χ4n) is 1.72. The molecule has 0 fully saturated rings. The summed E-state index contributed by atoms with van der Waals surface area (Å²) < 4.78 is 27.4. The number of likely N-dealkylation sites (N-methyl/N-ethyl adjacent to an activating group) is 1. The highest BCUT2D eigenvalue weighted by atomic mass is 32.2. The molecule has 7 heteroatoms. The minimum Gasteiger partial charge on any atom is -0.391 e. The number of sulfonamides is 1. The molecule has 19 heavy (non-hydrogen) atoms. The molecule has 0 radical (unpaired) electrons. The molecule has 110 valence electrons. The topological polar surface area (TPSA) is 69.6 Å². The zero-order valence-electron chi connectivity index (χ0n) is 11.8. The summed E-state index contributed by atoms with van der Waals surface area (Å²) in [5.41, 5.74) is 0. The Morgan fingerprint density at radius 2 is 2.05 bits per heavy atom. The molecule has 0 spiro atoms. The zero-order valence-corrected chi connectivity index (χ0v) is 13.4.